The molecule has 0 aromatic heterocycles. The Balaban J connectivity index is 2.22. The van der Waals surface area contributed by atoms with Gasteiger partial charge in [0, 0.05) is 9.79 Å². The second-order valence-corrected chi connectivity index (χ2v) is 5.09. The smallest absolute Gasteiger partial charge is 0.339 e. The number of ether oxygens (including phenoxy) is 2. The first-order valence-corrected chi connectivity index (χ1v) is 6.69. The Bertz CT molecular complexity index is 608. The summed E-state index contributed by atoms with van der Waals surface area (Å²) in [4.78, 5) is 13.0. The van der Waals surface area contributed by atoms with Gasteiger partial charge in [-0.2, -0.15) is 0 Å². The van der Waals surface area contributed by atoms with Crippen LogP contribution < -0.4 is 9.47 Å². The van der Waals surface area contributed by atoms with Crippen molar-refractivity contribution in [2.45, 2.75) is 9.79 Å². The highest BCUT2D eigenvalue weighted by Crippen LogP contribution is 2.32. The second kappa shape index (κ2) is 6.34. The summed E-state index contributed by atoms with van der Waals surface area (Å²) in [6.45, 7) is 0. The lowest BCUT2D eigenvalue weighted by Crippen LogP contribution is -2.00. The second-order valence-electron chi connectivity index (χ2n) is 3.94. The van der Waals surface area contributed by atoms with E-state index in [-0.39, 0.29) is 5.56 Å². The summed E-state index contributed by atoms with van der Waals surface area (Å²) in [5.74, 6) is 0.159. The molecule has 0 saturated carbocycles. The number of carboxylic acid groups (broad SMARTS) is 1. The van der Waals surface area contributed by atoms with Gasteiger partial charge in [-0.05, 0) is 42.5 Å². The lowest BCUT2D eigenvalue weighted by atomic mass is 10.2. The first-order valence-electron chi connectivity index (χ1n) is 5.87. The van der Waals surface area contributed by atoms with E-state index in [1.807, 2.05) is 24.3 Å². The van der Waals surface area contributed by atoms with E-state index in [1.54, 1.807) is 25.3 Å². The highest BCUT2D eigenvalue weighted by molar-refractivity contribution is 7.99. The van der Waals surface area contributed by atoms with Gasteiger partial charge in [0.1, 0.15) is 17.1 Å². The summed E-state index contributed by atoms with van der Waals surface area (Å²) >= 11 is 1.53. The van der Waals surface area contributed by atoms with Crippen LogP contribution in [0.2, 0.25) is 0 Å². The Morgan fingerprint density at radius 2 is 1.65 bits per heavy atom. The molecule has 2 aromatic carbocycles. The van der Waals surface area contributed by atoms with Crippen LogP contribution in [-0.4, -0.2) is 25.3 Å². The van der Waals surface area contributed by atoms with Crippen molar-refractivity contribution in [3.05, 3.63) is 48.0 Å². The predicted molar refractivity (Wildman–Crippen MR) is 77.1 cm³/mol. The quantitative estimate of drug-likeness (QED) is 0.912. The highest BCUT2D eigenvalue weighted by Gasteiger charge is 2.11. The summed E-state index contributed by atoms with van der Waals surface area (Å²) in [5.41, 5.74) is 0.159. The average Bonchev–Trinajstić information content (AvgIpc) is 2.47. The summed E-state index contributed by atoms with van der Waals surface area (Å²) in [7, 11) is 3.08. The molecule has 0 aliphatic carbocycles. The van der Waals surface area contributed by atoms with Crippen LogP contribution in [0.15, 0.2) is 52.3 Å². The van der Waals surface area contributed by atoms with Gasteiger partial charge in [0.2, 0.25) is 0 Å². The van der Waals surface area contributed by atoms with Gasteiger partial charge in [0.25, 0.3) is 0 Å². The van der Waals surface area contributed by atoms with Gasteiger partial charge >= 0.3 is 5.97 Å². The molecule has 2 aromatic rings. The highest BCUT2D eigenvalue weighted by atomic mass is 32.2. The minimum Gasteiger partial charge on any atom is -0.497 e. The van der Waals surface area contributed by atoms with Crippen molar-refractivity contribution in [3.8, 4) is 11.5 Å². The van der Waals surface area contributed by atoms with Crippen molar-refractivity contribution in [1.29, 1.82) is 0 Å². The van der Waals surface area contributed by atoms with Crippen LogP contribution in [0.3, 0.4) is 0 Å². The maximum atomic E-state index is 11.0. The molecule has 0 radical (unpaired) electrons. The number of rotatable bonds is 5. The van der Waals surface area contributed by atoms with Gasteiger partial charge in [0.05, 0.1) is 14.2 Å². The molecule has 0 spiro atoms. The van der Waals surface area contributed by atoms with E-state index in [1.165, 1.54) is 18.9 Å². The SMILES string of the molecule is COc1ccc(Sc2ccc(C(=O)O)c(OC)c2)cc1. The number of benzene rings is 2. The van der Waals surface area contributed by atoms with Crippen molar-refractivity contribution in [2.24, 2.45) is 0 Å². The summed E-state index contributed by atoms with van der Waals surface area (Å²) in [6.07, 6.45) is 0. The average molecular weight is 290 g/mol. The lowest BCUT2D eigenvalue weighted by molar-refractivity contribution is 0.0693. The van der Waals surface area contributed by atoms with E-state index in [0.29, 0.717) is 5.75 Å². The lowest BCUT2D eigenvalue weighted by Gasteiger charge is -2.08. The molecule has 0 bridgehead atoms. The van der Waals surface area contributed by atoms with Crippen LogP contribution in [0, 0.1) is 0 Å². The molecule has 2 rings (SSSR count). The van der Waals surface area contributed by atoms with Crippen LogP contribution in [-0.2, 0) is 0 Å². The molecule has 0 heterocycles. The number of carboxylic acids is 1. The van der Waals surface area contributed by atoms with E-state index >= 15 is 0 Å². The Morgan fingerprint density at radius 1 is 1.00 bits per heavy atom. The maximum absolute atomic E-state index is 11.0. The minimum absolute atomic E-state index is 0.159. The zero-order valence-electron chi connectivity index (χ0n) is 11.1. The van der Waals surface area contributed by atoms with Gasteiger partial charge in [-0.15, -0.1) is 0 Å². The van der Waals surface area contributed by atoms with Crippen molar-refractivity contribution in [2.75, 3.05) is 14.2 Å². The van der Waals surface area contributed by atoms with E-state index in [4.69, 9.17) is 14.6 Å². The molecule has 5 heteroatoms. The fourth-order valence-corrected chi connectivity index (χ4v) is 2.54. The zero-order chi connectivity index (χ0) is 14.5. The molecule has 0 aliphatic rings. The first-order chi connectivity index (χ1) is 9.63. The standard InChI is InChI=1S/C15H14O4S/c1-18-10-3-5-11(6-4-10)20-12-7-8-13(15(16)17)14(9-12)19-2/h3-9H,1-2H3,(H,16,17). The van der Waals surface area contributed by atoms with Gasteiger partial charge in [-0.1, -0.05) is 11.8 Å². The van der Waals surface area contributed by atoms with Gasteiger partial charge in [-0.25, -0.2) is 4.79 Å². The topological polar surface area (TPSA) is 55.8 Å². The maximum Gasteiger partial charge on any atom is 0.339 e. The molecule has 0 fully saturated rings. The monoisotopic (exact) mass is 290 g/mol. The van der Waals surface area contributed by atoms with Crippen molar-refractivity contribution in [3.63, 3.8) is 0 Å². The van der Waals surface area contributed by atoms with Crippen LogP contribution in [0.4, 0.5) is 0 Å². The normalized spacial score (nSPS) is 10.1. The number of carbonyl (C=O) groups is 1. The molecule has 4 nitrogen and oxygen atoms in total. The third kappa shape index (κ3) is 3.24. The first kappa shape index (κ1) is 14.3. The molecule has 0 unspecified atom stereocenters. The van der Waals surface area contributed by atoms with Crippen molar-refractivity contribution < 1.29 is 19.4 Å². The Kier molecular flexibility index (Phi) is 4.53. The van der Waals surface area contributed by atoms with Gasteiger partial charge in [-0.3, -0.25) is 0 Å². The summed E-state index contributed by atoms with van der Waals surface area (Å²) < 4.78 is 10.2. The predicted octanol–water partition coefficient (Wildman–Crippen LogP) is 3.55. The molecule has 104 valence electrons. The number of aromatic carboxylic acids is 1. The fraction of sp³-hybridized carbons (Fsp3) is 0.133. The number of methoxy groups -OCH3 is 2. The van der Waals surface area contributed by atoms with Crippen LogP contribution in [0.25, 0.3) is 0 Å². The Morgan fingerprint density at radius 3 is 2.20 bits per heavy atom. The largest absolute Gasteiger partial charge is 0.497 e. The fourth-order valence-electron chi connectivity index (χ4n) is 1.69. The van der Waals surface area contributed by atoms with Crippen LogP contribution in [0.5, 0.6) is 11.5 Å². The van der Waals surface area contributed by atoms with Crippen LogP contribution in [0.1, 0.15) is 10.4 Å². The molecular weight excluding hydrogens is 276 g/mol. The molecule has 1 N–H and O–H groups in total. The molecule has 20 heavy (non-hydrogen) atoms. The molecule has 0 amide bonds. The van der Waals surface area contributed by atoms with Crippen LogP contribution >= 0.6 is 11.8 Å². The molecular formula is C15H14O4S. The number of hydrogen-bond donors (Lipinski definition) is 1. The molecule has 0 saturated heterocycles. The van der Waals surface area contributed by atoms with Crippen molar-refractivity contribution in [1.82, 2.24) is 0 Å². The number of hydrogen-bond acceptors (Lipinski definition) is 4. The van der Waals surface area contributed by atoms with E-state index in [0.717, 1.165) is 15.5 Å². The Hall–Kier alpha value is -2.14. The van der Waals surface area contributed by atoms with Gasteiger partial charge in [0.15, 0.2) is 0 Å². The minimum atomic E-state index is -0.997. The van der Waals surface area contributed by atoms with Gasteiger partial charge < -0.3 is 14.6 Å². The summed E-state index contributed by atoms with van der Waals surface area (Å²) in [6, 6.07) is 12.7. The Labute approximate surface area is 121 Å². The third-order valence-electron chi connectivity index (χ3n) is 2.70. The van der Waals surface area contributed by atoms with E-state index in [9.17, 15) is 4.79 Å². The summed E-state index contributed by atoms with van der Waals surface area (Å²) in [5, 5.41) is 9.03. The van der Waals surface area contributed by atoms with E-state index in [2.05, 4.69) is 0 Å². The van der Waals surface area contributed by atoms with E-state index < -0.39 is 5.97 Å². The molecule has 0 atom stereocenters. The molecule has 0 aliphatic heterocycles. The zero-order valence-corrected chi connectivity index (χ0v) is 11.9. The third-order valence-corrected chi connectivity index (χ3v) is 3.70. The van der Waals surface area contributed by atoms with Crippen molar-refractivity contribution >= 4 is 17.7 Å².